The maximum atomic E-state index is 10.9. The van der Waals surface area contributed by atoms with E-state index in [0.29, 0.717) is 28.6 Å². The number of pyridine rings is 3. The number of phenols is 1. The normalized spacial score (nSPS) is 10.9. The summed E-state index contributed by atoms with van der Waals surface area (Å²) in [5.74, 6) is 2.01. The van der Waals surface area contributed by atoms with Gasteiger partial charge in [0, 0.05) is 61.0 Å². The molecule has 0 amide bonds. The van der Waals surface area contributed by atoms with Crippen molar-refractivity contribution in [2.75, 3.05) is 4.90 Å². The number of hydrogen-bond acceptors (Lipinski definition) is 8. The van der Waals surface area contributed by atoms with Crippen molar-refractivity contribution >= 4 is 28.0 Å². The summed E-state index contributed by atoms with van der Waals surface area (Å²) in [6, 6.07) is 43.5. The molecule has 0 spiro atoms. The molecule has 0 fully saturated rings. The number of aryl methyl sites for hydroxylation is 4. The zero-order chi connectivity index (χ0) is 35.8. The van der Waals surface area contributed by atoms with Gasteiger partial charge in [-0.05, 0) is 98.9 Å². The number of benzene rings is 4. The Bertz CT molecular complexity index is 2570. The molecule has 0 aliphatic heterocycles. The molecule has 8 nitrogen and oxygen atoms in total. The van der Waals surface area contributed by atoms with Gasteiger partial charge in [-0.2, -0.15) is 0 Å². The number of para-hydroxylation sites is 1. The predicted octanol–water partition coefficient (Wildman–Crippen LogP) is 10.1. The summed E-state index contributed by atoms with van der Waals surface area (Å²) in [4.78, 5) is 31.1. The van der Waals surface area contributed by atoms with E-state index in [1.807, 2.05) is 82.3 Å². The van der Waals surface area contributed by atoms with Crippen molar-refractivity contribution in [3.8, 4) is 51.0 Å². The molecule has 4 aromatic carbocycles. The molecule has 0 aliphatic rings. The van der Waals surface area contributed by atoms with E-state index in [2.05, 4.69) is 69.5 Å². The molecule has 0 radical (unpaired) electrons. The van der Waals surface area contributed by atoms with Crippen LogP contribution in [0, 0.1) is 33.8 Å². The second kappa shape index (κ2) is 14.9. The van der Waals surface area contributed by atoms with Gasteiger partial charge in [0.05, 0.1) is 17.1 Å². The number of aromatic hydroxyl groups is 1. The first-order valence-corrected chi connectivity index (χ1v) is 17.0. The number of aromatic nitrogens is 6. The van der Waals surface area contributed by atoms with E-state index in [-0.39, 0.29) is 26.8 Å². The standard InChI is InChI=1S/C44H34N7O.Pt/c1-27-20-32(21-28(2)46-27)33-24-35(26-36(25-33)51(41-18-9-10-19-45-41)39-16-11-13-31-12-5-6-14-37(31)39)43-48-42(34-22-29(3)47-30(4)23-34)49-44(50-43)38-15-7-8-17-40(38)52;/h5-25,52H,1-4H3;/q-1;. The van der Waals surface area contributed by atoms with Crippen LogP contribution in [-0.2, 0) is 21.1 Å². The molecule has 4 aromatic heterocycles. The quantitative estimate of drug-likeness (QED) is 0.158. The average Bonchev–Trinajstić information content (AvgIpc) is 3.15. The molecule has 4 heterocycles. The zero-order valence-corrected chi connectivity index (χ0v) is 31.8. The van der Waals surface area contributed by atoms with Crippen molar-refractivity contribution in [2.24, 2.45) is 0 Å². The summed E-state index contributed by atoms with van der Waals surface area (Å²) in [5, 5.41) is 13.1. The van der Waals surface area contributed by atoms with Gasteiger partial charge in [-0.1, -0.05) is 60.2 Å². The molecular weight excluding hydrogens is 838 g/mol. The summed E-state index contributed by atoms with van der Waals surface area (Å²) in [7, 11) is 0. The largest absolute Gasteiger partial charge is 0.507 e. The Hall–Kier alpha value is -6.11. The van der Waals surface area contributed by atoms with Gasteiger partial charge in [0.1, 0.15) is 11.6 Å². The number of anilines is 3. The van der Waals surface area contributed by atoms with Crippen molar-refractivity contribution in [3.63, 3.8) is 0 Å². The Morgan fingerprint density at radius 1 is 0.547 bits per heavy atom. The molecule has 0 saturated carbocycles. The number of nitrogens with zero attached hydrogens (tertiary/aromatic N) is 7. The molecule has 0 atom stereocenters. The second-order valence-electron chi connectivity index (χ2n) is 12.8. The van der Waals surface area contributed by atoms with E-state index >= 15 is 0 Å². The fraction of sp³-hybridized carbons (Fsp3) is 0.0909. The number of hydrogen-bond donors (Lipinski definition) is 1. The molecule has 1 N–H and O–H groups in total. The van der Waals surface area contributed by atoms with Crippen molar-refractivity contribution < 1.29 is 26.2 Å². The molecule has 0 bridgehead atoms. The molecule has 0 aliphatic carbocycles. The molecule has 8 rings (SSSR count). The maximum absolute atomic E-state index is 10.9. The van der Waals surface area contributed by atoms with Gasteiger partial charge in [-0.25, -0.2) is 9.97 Å². The van der Waals surface area contributed by atoms with Crippen molar-refractivity contribution in [1.82, 2.24) is 29.9 Å². The fourth-order valence-corrected chi connectivity index (χ4v) is 6.60. The van der Waals surface area contributed by atoms with Crippen LogP contribution in [0.3, 0.4) is 0 Å². The Morgan fingerprint density at radius 3 is 1.87 bits per heavy atom. The summed E-state index contributed by atoms with van der Waals surface area (Å²) in [6.07, 6.45) is 1.80. The van der Waals surface area contributed by atoms with Gasteiger partial charge < -0.3 is 10.0 Å². The third kappa shape index (κ3) is 7.32. The minimum Gasteiger partial charge on any atom is -0.507 e. The summed E-state index contributed by atoms with van der Waals surface area (Å²) < 4.78 is 0. The van der Waals surface area contributed by atoms with Crippen LogP contribution >= 0.6 is 0 Å². The van der Waals surface area contributed by atoms with Crippen molar-refractivity contribution in [1.29, 1.82) is 0 Å². The van der Waals surface area contributed by atoms with Crippen LogP contribution in [0.1, 0.15) is 22.8 Å². The summed E-state index contributed by atoms with van der Waals surface area (Å²) >= 11 is 0. The van der Waals surface area contributed by atoms with E-state index in [9.17, 15) is 5.11 Å². The minimum absolute atomic E-state index is 0. The Labute approximate surface area is 322 Å². The first-order chi connectivity index (χ1) is 25.3. The first-order valence-electron chi connectivity index (χ1n) is 17.0. The third-order valence-corrected chi connectivity index (χ3v) is 8.76. The monoisotopic (exact) mass is 871 g/mol. The molecule has 53 heavy (non-hydrogen) atoms. The SMILES string of the molecule is Cc1cc(-c2cc(-c3nc(-c4cc(C)nc(C)c4)nc(-c4ccccc4O)n3)[c-]c(N(c3ccccn3)c3cccc4ccccc34)c2)cc(C)n1.[Pt]. The average molecular weight is 872 g/mol. The summed E-state index contributed by atoms with van der Waals surface area (Å²) in [6.45, 7) is 7.90. The van der Waals surface area contributed by atoms with Crippen molar-refractivity contribution in [3.05, 3.63) is 156 Å². The predicted molar refractivity (Wildman–Crippen MR) is 207 cm³/mol. The molecule has 0 saturated heterocycles. The fourth-order valence-electron chi connectivity index (χ4n) is 6.60. The number of rotatable bonds is 7. The van der Waals surface area contributed by atoms with E-state index in [0.717, 1.165) is 67.4 Å². The Morgan fingerprint density at radius 2 is 1.15 bits per heavy atom. The Kier molecular flexibility index (Phi) is 9.90. The van der Waals surface area contributed by atoms with Gasteiger partial charge in [0.15, 0.2) is 11.6 Å². The topological polar surface area (TPSA) is 101 Å². The van der Waals surface area contributed by atoms with Crippen LogP contribution in [0.25, 0.3) is 56.1 Å². The van der Waals surface area contributed by atoms with Gasteiger partial charge in [-0.3, -0.25) is 19.9 Å². The van der Waals surface area contributed by atoms with E-state index in [1.165, 1.54) is 0 Å². The third-order valence-electron chi connectivity index (χ3n) is 8.76. The molecular formula is C44H34N7OPt-. The molecule has 8 aromatic rings. The summed E-state index contributed by atoms with van der Waals surface area (Å²) in [5.41, 5.74) is 9.08. The van der Waals surface area contributed by atoms with Crippen LogP contribution in [0.5, 0.6) is 5.75 Å². The minimum atomic E-state index is 0. The number of phenolic OH excluding ortho intramolecular Hbond substituents is 1. The van der Waals surface area contributed by atoms with Gasteiger partial charge in [0.25, 0.3) is 0 Å². The van der Waals surface area contributed by atoms with Crippen molar-refractivity contribution in [2.45, 2.75) is 27.7 Å². The Balaban J connectivity index is 0.00000435. The second-order valence-corrected chi connectivity index (χ2v) is 12.8. The van der Waals surface area contributed by atoms with Gasteiger partial charge in [0.2, 0.25) is 0 Å². The molecule has 9 heteroatoms. The van der Waals surface area contributed by atoms with E-state index < -0.39 is 0 Å². The number of fused-ring (bicyclic) bond motifs is 1. The van der Waals surface area contributed by atoms with E-state index in [1.54, 1.807) is 24.4 Å². The van der Waals surface area contributed by atoms with Gasteiger partial charge in [-0.15, -0.1) is 23.8 Å². The van der Waals surface area contributed by atoms with Crippen LogP contribution in [-0.4, -0.2) is 35.0 Å². The van der Waals surface area contributed by atoms with Crippen LogP contribution < -0.4 is 4.90 Å². The smallest absolute Gasteiger partial charge is 0.158 e. The molecule has 0 unspecified atom stereocenters. The van der Waals surface area contributed by atoms with Crippen LogP contribution in [0.15, 0.2) is 128 Å². The van der Waals surface area contributed by atoms with E-state index in [4.69, 9.17) is 19.9 Å². The zero-order valence-electron chi connectivity index (χ0n) is 29.5. The van der Waals surface area contributed by atoms with Gasteiger partial charge >= 0.3 is 0 Å². The maximum Gasteiger partial charge on any atom is 0.158 e. The van der Waals surface area contributed by atoms with Crippen LogP contribution in [0.4, 0.5) is 17.2 Å². The molecule has 262 valence electrons. The van der Waals surface area contributed by atoms with Crippen LogP contribution in [0.2, 0.25) is 0 Å². The first kappa shape index (κ1) is 35.3.